The fraction of sp³-hybridized carbons (Fsp3) is 0.444. The highest BCUT2D eigenvalue weighted by Crippen LogP contribution is 2.41. The summed E-state index contributed by atoms with van der Waals surface area (Å²) >= 11 is 1.74. The van der Waals surface area contributed by atoms with Gasteiger partial charge in [-0.2, -0.15) is 11.8 Å². The maximum absolute atomic E-state index is 10.7. The van der Waals surface area contributed by atoms with Crippen LogP contribution in [0.5, 0.6) is 0 Å². The van der Waals surface area contributed by atoms with Gasteiger partial charge in [0.05, 0.1) is 11.0 Å². The van der Waals surface area contributed by atoms with Crippen molar-refractivity contribution in [3.05, 3.63) is 23.6 Å². The number of hydrogen-bond acceptors (Lipinski definition) is 3. The summed E-state index contributed by atoms with van der Waals surface area (Å²) in [5.74, 6) is 1.56. The average molecular weight is 212 g/mol. The second kappa shape index (κ2) is 3.57. The standard InChI is InChI=1S/C9H12N2O2S/c10-9(13)11-6-1-2-7(12)5-3-4-14-8(5)6/h1-2,5,8,12H,3-4H2,(H3,10,11,13). The van der Waals surface area contributed by atoms with Gasteiger partial charge < -0.3 is 16.2 Å². The van der Waals surface area contributed by atoms with Crippen molar-refractivity contribution in [2.24, 2.45) is 11.7 Å². The largest absolute Gasteiger partial charge is 0.512 e. The third kappa shape index (κ3) is 1.59. The molecule has 0 radical (unpaired) electrons. The summed E-state index contributed by atoms with van der Waals surface area (Å²) in [6, 6.07) is -0.544. The van der Waals surface area contributed by atoms with Crippen molar-refractivity contribution in [2.75, 3.05) is 5.75 Å². The van der Waals surface area contributed by atoms with Gasteiger partial charge in [0.15, 0.2) is 0 Å². The maximum atomic E-state index is 10.7. The zero-order valence-corrected chi connectivity index (χ0v) is 8.38. The second-order valence-corrected chi connectivity index (χ2v) is 4.64. The molecule has 0 aromatic rings. The van der Waals surface area contributed by atoms with Crippen molar-refractivity contribution in [3.8, 4) is 0 Å². The molecular formula is C9H12N2O2S. The minimum atomic E-state index is -0.544. The van der Waals surface area contributed by atoms with Gasteiger partial charge in [-0.15, -0.1) is 0 Å². The number of rotatable bonds is 1. The van der Waals surface area contributed by atoms with Crippen LogP contribution in [-0.2, 0) is 0 Å². The molecule has 76 valence electrons. The molecule has 0 spiro atoms. The minimum Gasteiger partial charge on any atom is -0.512 e. The van der Waals surface area contributed by atoms with E-state index in [9.17, 15) is 9.90 Å². The number of hydrogen-bond donors (Lipinski definition) is 3. The van der Waals surface area contributed by atoms with Crippen LogP contribution in [0.4, 0.5) is 4.79 Å². The van der Waals surface area contributed by atoms with Gasteiger partial charge >= 0.3 is 6.03 Å². The number of aliphatic hydroxyl groups excluding tert-OH is 1. The molecule has 1 heterocycles. The summed E-state index contributed by atoms with van der Waals surface area (Å²) < 4.78 is 0. The molecule has 1 aliphatic carbocycles. The van der Waals surface area contributed by atoms with Crippen molar-refractivity contribution in [1.29, 1.82) is 0 Å². The molecule has 4 N–H and O–H groups in total. The first-order valence-corrected chi connectivity index (χ1v) is 5.52. The van der Waals surface area contributed by atoms with Gasteiger partial charge in [-0.05, 0) is 24.3 Å². The number of amides is 2. The van der Waals surface area contributed by atoms with Crippen LogP contribution in [0.15, 0.2) is 23.6 Å². The first kappa shape index (κ1) is 9.45. The van der Waals surface area contributed by atoms with E-state index in [1.807, 2.05) is 0 Å². The van der Waals surface area contributed by atoms with Gasteiger partial charge in [0.25, 0.3) is 0 Å². The third-order valence-corrected chi connectivity index (χ3v) is 3.89. The molecule has 2 unspecified atom stereocenters. The van der Waals surface area contributed by atoms with Gasteiger partial charge in [0.1, 0.15) is 0 Å². The summed E-state index contributed by atoms with van der Waals surface area (Å²) in [5.41, 5.74) is 5.87. The molecule has 1 fully saturated rings. The number of allylic oxidation sites excluding steroid dienone is 3. The van der Waals surface area contributed by atoms with Crippen molar-refractivity contribution < 1.29 is 9.90 Å². The lowest BCUT2D eigenvalue weighted by Crippen LogP contribution is -2.35. The molecule has 2 amide bonds. The Bertz CT molecular complexity index is 325. The highest BCUT2D eigenvalue weighted by Gasteiger charge is 2.35. The highest BCUT2D eigenvalue weighted by atomic mass is 32.2. The van der Waals surface area contributed by atoms with Crippen LogP contribution in [0.1, 0.15) is 6.42 Å². The van der Waals surface area contributed by atoms with Crippen LogP contribution in [0.3, 0.4) is 0 Å². The molecule has 1 saturated heterocycles. The Morgan fingerprint density at radius 1 is 1.64 bits per heavy atom. The van der Waals surface area contributed by atoms with E-state index in [2.05, 4.69) is 5.32 Å². The Hall–Kier alpha value is -1.10. The SMILES string of the molecule is NC(=O)NC1=CC=C(O)C2CCSC12. The number of nitrogens with two attached hydrogens (primary N) is 1. The minimum absolute atomic E-state index is 0.145. The summed E-state index contributed by atoms with van der Waals surface area (Å²) in [4.78, 5) is 10.7. The van der Waals surface area contributed by atoms with E-state index in [-0.39, 0.29) is 11.2 Å². The van der Waals surface area contributed by atoms with E-state index in [1.165, 1.54) is 0 Å². The van der Waals surface area contributed by atoms with Crippen LogP contribution in [0.25, 0.3) is 0 Å². The molecule has 2 rings (SSSR count). The van der Waals surface area contributed by atoms with Gasteiger partial charge in [-0.1, -0.05) is 0 Å². The van der Waals surface area contributed by atoms with Crippen molar-refractivity contribution >= 4 is 17.8 Å². The Labute approximate surface area is 86.2 Å². The molecule has 0 saturated carbocycles. The first-order valence-electron chi connectivity index (χ1n) is 4.47. The van der Waals surface area contributed by atoms with Crippen LogP contribution >= 0.6 is 11.8 Å². The van der Waals surface area contributed by atoms with E-state index < -0.39 is 6.03 Å². The molecule has 0 aromatic heterocycles. The van der Waals surface area contributed by atoms with Crippen LogP contribution < -0.4 is 11.1 Å². The molecule has 0 aromatic carbocycles. The normalized spacial score (nSPS) is 30.3. The molecule has 2 atom stereocenters. The fourth-order valence-electron chi connectivity index (χ4n) is 1.85. The van der Waals surface area contributed by atoms with Gasteiger partial charge in [-0.3, -0.25) is 0 Å². The number of primary amides is 1. The number of thioether (sulfide) groups is 1. The summed E-state index contributed by atoms with van der Waals surface area (Å²) in [7, 11) is 0. The van der Waals surface area contributed by atoms with Gasteiger partial charge in [0.2, 0.25) is 0 Å². The van der Waals surface area contributed by atoms with Crippen molar-refractivity contribution in [1.82, 2.24) is 5.32 Å². The zero-order valence-electron chi connectivity index (χ0n) is 7.56. The summed E-state index contributed by atoms with van der Waals surface area (Å²) in [5, 5.41) is 12.3. The molecular weight excluding hydrogens is 200 g/mol. The van der Waals surface area contributed by atoms with Crippen molar-refractivity contribution in [3.63, 3.8) is 0 Å². The smallest absolute Gasteiger partial charge is 0.316 e. The van der Waals surface area contributed by atoms with Crippen LogP contribution in [0, 0.1) is 5.92 Å². The second-order valence-electron chi connectivity index (χ2n) is 3.39. The summed E-state index contributed by atoms with van der Waals surface area (Å²) in [6.45, 7) is 0. The summed E-state index contributed by atoms with van der Waals surface area (Å²) in [6.07, 6.45) is 4.31. The molecule has 5 heteroatoms. The zero-order chi connectivity index (χ0) is 10.1. The Kier molecular flexibility index (Phi) is 2.41. The molecule has 0 bridgehead atoms. The lowest BCUT2D eigenvalue weighted by molar-refractivity contribution is 0.250. The Morgan fingerprint density at radius 3 is 3.14 bits per heavy atom. The van der Waals surface area contributed by atoms with Crippen LogP contribution in [-0.4, -0.2) is 22.1 Å². The van der Waals surface area contributed by atoms with E-state index in [0.29, 0.717) is 5.76 Å². The predicted molar refractivity (Wildman–Crippen MR) is 55.9 cm³/mol. The number of carbonyl (C=O) groups excluding carboxylic acids is 1. The number of nitrogens with one attached hydrogen (secondary N) is 1. The Balaban J connectivity index is 2.20. The third-order valence-electron chi connectivity index (χ3n) is 2.48. The lowest BCUT2D eigenvalue weighted by Gasteiger charge is -2.24. The monoisotopic (exact) mass is 212 g/mol. The van der Waals surface area contributed by atoms with Gasteiger partial charge in [0, 0.05) is 11.6 Å². The van der Waals surface area contributed by atoms with Crippen LogP contribution in [0.2, 0.25) is 0 Å². The number of aliphatic hydroxyl groups is 1. The van der Waals surface area contributed by atoms with E-state index in [0.717, 1.165) is 17.9 Å². The maximum Gasteiger partial charge on any atom is 0.316 e. The topological polar surface area (TPSA) is 75.4 Å². The molecule has 1 aliphatic heterocycles. The highest BCUT2D eigenvalue weighted by molar-refractivity contribution is 8.00. The number of carbonyl (C=O) groups is 1. The van der Waals surface area contributed by atoms with E-state index in [4.69, 9.17) is 5.73 Å². The van der Waals surface area contributed by atoms with E-state index in [1.54, 1.807) is 23.9 Å². The molecule has 14 heavy (non-hydrogen) atoms. The molecule has 2 aliphatic rings. The fourth-order valence-corrected chi connectivity index (χ4v) is 3.32. The Morgan fingerprint density at radius 2 is 2.43 bits per heavy atom. The van der Waals surface area contributed by atoms with Gasteiger partial charge in [-0.25, -0.2) is 4.79 Å². The molecule has 4 nitrogen and oxygen atoms in total. The van der Waals surface area contributed by atoms with Crippen molar-refractivity contribution in [2.45, 2.75) is 11.7 Å². The number of fused-ring (bicyclic) bond motifs is 1. The van der Waals surface area contributed by atoms with E-state index >= 15 is 0 Å². The first-order chi connectivity index (χ1) is 6.68. The average Bonchev–Trinajstić information content (AvgIpc) is 2.58. The quantitative estimate of drug-likeness (QED) is 0.609. The number of urea groups is 1. The predicted octanol–water partition coefficient (Wildman–Crippen LogP) is 1.12. The lowest BCUT2D eigenvalue weighted by atomic mass is 9.93.